The van der Waals surface area contributed by atoms with E-state index in [1.807, 2.05) is 48.5 Å². The molecule has 0 amide bonds. The van der Waals surface area contributed by atoms with Crippen molar-refractivity contribution in [2.45, 2.75) is 19.8 Å². The van der Waals surface area contributed by atoms with E-state index in [1.165, 1.54) is 5.56 Å². The number of hydrogen-bond donors (Lipinski definition) is 1. The molecule has 0 bridgehead atoms. The van der Waals surface area contributed by atoms with E-state index in [0.29, 0.717) is 10.9 Å². The number of fused-ring (bicyclic) bond motifs is 3. The van der Waals surface area contributed by atoms with Crippen molar-refractivity contribution in [3.8, 4) is 0 Å². The van der Waals surface area contributed by atoms with Gasteiger partial charge in [0.25, 0.3) is 0 Å². The molecule has 0 spiro atoms. The molecule has 0 aliphatic carbocycles. The summed E-state index contributed by atoms with van der Waals surface area (Å²) in [5.41, 5.74) is 3.70. The summed E-state index contributed by atoms with van der Waals surface area (Å²) in [6, 6.07) is 20.9. The second-order valence-electron chi connectivity index (χ2n) is 6.33. The Labute approximate surface area is 207 Å². The summed E-state index contributed by atoms with van der Waals surface area (Å²) in [7, 11) is 0. The summed E-state index contributed by atoms with van der Waals surface area (Å²) in [4.78, 5) is 8.99. The molecule has 2 heterocycles. The largest absolute Gasteiger partial charge is 2.00 e. The van der Waals surface area contributed by atoms with Gasteiger partial charge in [0.15, 0.2) is 0 Å². The minimum absolute atomic E-state index is 0. The summed E-state index contributed by atoms with van der Waals surface area (Å²) >= 11 is 9.12. The van der Waals surface area contributed by atoms with Gasteiger partial charge in [-0.15, -0.1) is 35.8 Å². The molecule has 3 nitrogen and oxygen atoms in total. The van der Waals surface area contributed by atoms with E-state index in [0.717, 1.165) is 32.1 Å². The van der Waals surface area contributed by atoms with Gasteiger partial charge in [0.2, 0.25) is 0 Å². The summed E-state index contributed by atoms with van der Waals surface area (Å²) < 4.78 is 0.812. The number of pyridine rings is 2. The molecule has 3 N–H and O–H groups in total. The minimum atomic E-state index is 0. The van der Waals surface area contributed by atoms with E-state index in [-0.39, 0.29) is 35.6 Å². The van der Waals surface area contributed by atoms with Crippen molar-refractivity contribution < 1.29 is 17.1 Å². The van der Waals surface area contributed by atoms with E-state index in [1.54, 1.807) is 0 Å². The van der Waals surface area contributed by atoms with Crippen LogP contribution in [0.1, 0.15) is 31.0 Å². The third-order valence-electron chi connectivity index (χ3n) is 4.07. The van der Waals surface area contributed by atoms with Crippen molar-refractivity contribution in [3.63, 3.8) is 0 Å². The van der Waals surface area contributed by atoms with Crippen LogP contribution in [0.3, 0.4) is 0 Å². The predicted octanol–water partition coefficient (Wildman–Crippen LogP) is 7.73. The topological polar surface area (TPSA) is 60.8 Å². The molecule has 0 atom stereocenters. The first-order chi connectivity index (χ1) is 13.0. The Morgan fingerprint density at radius 1 is 0.967 bits per heavy atom. The third kappa shape index (κ3) is 7.05. The molecule has 0 unspecified atom stereocenters. The van der Waals surface area contributed by atoms with E-state index < -0.39 is 0 Å². The van der Waals surface area contributed by atoms with Crippen LogP contribution in [0.25, 0.3) is 21.8 Å². The molecular weight excluding hydrogens is 525 g/mol. The van der Waals surface area contributed by atoms with Crippen LogP contribution >= 0.6 is 39.9 Å². The molecule has 0 aliphatic rings. The fourth-order valence-electron chi connectivity index (χ4n) is 2.64. The number of benzene rings is 2. The number of rotatable bonds is 2. The van der Waals surface area contributed by atoms with Gasteiger partial charge in [0.1, 0.15) is 4.60 Å². The number of halogens is 3. The molecule has 0 saturated carbocycles. The standard InChI is InChI=1S/C14H8BrN2.C9H10Cl.ClH.Fe.H3N/c1-2-11-7-5-9-3-4-10-6-8-12(15)17-14(10)13(9)16-11;1-7(2)8-4-3-5-9(10)6-8;;;/h3-8H,1H2;3-5,7H,1-2H3;1H;;1H3/q2*-1;;+2;. The monoisotopic (exact) mass is 545 g/mol. The van der Waals surface area contributed by atoms with Gasteiger partial charge in [0, 0.05) is 5.39 Å². The van der Waals surface area contributed by atoms with Gasteiger partial charge < -0.3 is 6.15 Å². The van der Waals surface area contributed by atoms with Crippen LogP contribution in [0, 0.1) is 12.1 Å². The maximum Gasteiger partial charge on any atom is 2.00 e. The fourth-order valence-corrected chi connectivity index (χ4v) is 3.13. The molecule has 158 valence electrons. The van der Waals surface area contributed by atoms with Gasteiger partial charge in [-0.25, -0.2) is 11.1 Å². The number of hydrogen-bond acceptors (Lipinski definition) is 3. The van der Waals surface area contributed by atoms with Crippen LogP contribution in [0.5, 0.6) is 0 Å². The second kappa shape index (κ2) is 13.1. The molecule has 2 aromatic heterocycles. The van der Waals surface area contributed by atoms with Gasteiger partial charge in [0.05, 0.1) is 11.0 Å². The maximum atomic E-state index is 5.73. The van der Waals surface area contributed by atoms with E-state index in [9.17, 15) is 0 Å². The summed E-state index contributed by atoms with van der Waals surface area (Å²) in [5.74, 6) is 0.513. The normalized spacial score (nSPS) is 9.63. The smallest absolute Gasteiger partial charge is 0.344 e. The van der Waals surface area contributed by atoms with Crippen LogP contribution in [0.4, 0.5) is 0 Å². The number of nitrogens with zero attached hydrogens (tertiary/aromatic N) is 2. The van der Waals surface area contributed by atoms with Crippen LogP contribution in [-0.2, 0) is 17.1 Å². The van der Waals surface area contributed by atoms with Gasteiger partial charge in [-0.05, 0) is 33.3 Å². The molecule has 0 saturated heterocycles. The van der Waals surface area contributed by atoms with E-state index in [4.69, 9.17) is 11.6 Å². The first-order valence-electron chi connectivity index (χ1n) is 8.55. The van der Waals surface area contributed by atoms with Crippen LogP contribution < -0.4 is 6.15 Å². The summed E-state index contributed by atoms with van der Waals surface area (Å²) in [6.07, 6.45) is 2.80. The molecule has 7 heteroatoms. The molecule has 4 rings (SSSR count). The first kappa shape index (κ1) is 28.5. The van der Waals surface area contributed by atoms with E-state index in [2.05, 4.69) is 64.5 Å². The Morgan fingerprint density at radius 2 is 1.53 bits per heavy atom. The zero-order valence-corrected chi connectivity index (χ0v) is 20.9. The Balaban J connectivity index is 0.000000569. The molecule has 2 aromatic carbocycles. The van der Waals surface area contributed by atoms with Crippen LogP contribution in [-0.4, -0.2) is 9.97 Å². The van der Waals surface area contributed by atoms with Gasteiger partial charge in [-0.1, -0.05) is 37.1 Å². The van der Waals surface area contributed by atoms with Crippen LogP contribution in [0.15, 0.2) is 65.8 Å². The predicted molar refractivity (Wildman–Crippen MR) is 129 cm³/mol. The molecule has 0 fully saturated rings. The molecular formula is C23H22BrCl2FeN3. The molecule has 4 aromatic rings. The zero-order valence-electron chi connectivity index (χ0n) is 16.6. The Hall–Kier alpha value is -1.46. The van der Waals surface area contributed by atoms with Crippen molar-refractivity contribution in [2.24, 2.45) is 0 Å². The van der Waals surface area contributed by atoms with Gasteiger partial charge >= 0.3 is 17.1 Å². The average Bonchev–Trinajstić information content (AvgIpc) is 2.68. The third-order valence-corrected chi connectivity index (χ3v) is 4.73. The average molecular weight is 547 g/mol. The summed E-state index contributed by atoms with van der Waals surface area (Å²) in [6.45, 7) is 7.87. The first-order valence-corrected chi connectivity index (χ1v) is 9.72. The van der Waals surface area contributed by atoms with Gasteiger partial charge in [-0.3, -0.25) is 4.98 Å². The van der Waals surface area contributed by atoms with E-state index >= 15 is 0 Å². The SMILES string of the molecule is C=[C-]c1ccc2ccc3ccc(Br)nc3c2n1.CC(C)c1[c-]c(Cl)ccc1.Cl.N.[Fe+2]. The molecule has 30 heavy (non-hydrogen) atoms. The Bertz CT molecular complexity index is 1120. The maximum absolute atomic E-state index is 5.73. The summed E-state index contributed by atoms with van der Waals surface area (Å²) in [5, 5.41) is 2.85. The van der Waals surface area contributed by atoms with Crippen molar-refractivity contribution in [3.05, 3.63) is 94.2 Å². The minimum Gasteiger partial charge on any atom is -0.344 e. The Morgan fingerprint density at radius 3 is 2.07 bits per heavy atom. The molecule has 0 radical (unpaired) electrons. The fraction of sp³-hybridized carbons (Fsp3) is 0.130. The van der Waals surface area contributed by atoms with Crippen LogP contribution in [0.2, 0.25) is 5.02 Å². The van der Waals surface area contributed by atoms with Crippen molar-refractivity contribution in [1.29, 1.82) is 0 Å². The van der Waals surface area contributed by atoms with Crippen molar-refractivity contribution in [1.82, 2.24) is 16.1 Å². The van der Waals surface area contributed by atoms with Crippen molar-refractivity contribution >= 4 is 61.7 Å². The Kier molecular flexibility index (Phi) is 12.4. The quantitative estimate of drug-likeness (QED) is 0.121. The zero-order chi connectivity index (χ0) is 19.4. The second-order valence-corrected chi connectivity index (χ2v) is 7.54. The van der Waals surface area contributed by atoms with Crippen molar-refractivity contribution in [2.75, 3.05) is 0 Å². The van der Waals surface area contributed by atoms with Gasteiger partial charge in [-0.2, -0.15) is 42.5 Å². The molecule has 0 aliphatic heterocycles. The number of aromatic nitrogens is 2.